The van der Waals surface area contributed by atoms with Crippen molar-refractivity contribution >= 4 is 11.3 Å². The predicted molar refractivity (Wildman–Crippen MR) is 81.8 cm³/mol. The lowest BCUT2D eigenvalue weighted by atomic mass is 9.94. The molecule has 0 amide bonds. The zero-order valence-electron chi connectivity index (χ0n) is 12.2. The van der Waals surface area contributed by atoms with Crippen LogP contribution in [0.25, 0.3) is 0 Å². The molecule has 1 saturated heterocycles. The number of piperidine rings is 1. The third-order valence-corrected chi connectivity index (χ3v) is 5.13. The van der Waals surface area contributed by atoms with E-state index in [-0.39, 0.29) is 0 Å². The van der Waals surface area contributed by atoms with Gasteiger partial charge in [0.2, 0.25) is 0 Å². The van der Waals surface area contributed by atoms with Crippen molar-refractivity contribution in [1.82, 2.24) is 19.4 Å². The smallest absolute Gasteiger partial charge is 0.108 e. The minimum absolute atomic E-state index is 0.734. The Morgan fingerprint density at radius 3 is 3.00 bits per heavy atom. The molecule has 3 rings (SSSR count). The van der Waals surface area contributed by atoms with Gasteiger partial charge in [-0.1, -0.05) is 0 Å². The fourth-order valence-electron chi connectivity index (χ4n) is 2.99. The maximum Gasteiger partial charge on any atom is 0.108 e. The van der Waals surface area contributed by atoms with Crippen molar-refractivity contribution in [1.29, 1.82) is 0 Å². The van der Waals surface area contributed by atoms with Gasteiger partial charge in [-0.25, -0.2) is 9.97 Å². The first-order valence-corrected chi connectivity index (χ1v) is 8.18. The molecule has 2 aromatic rings. The van der Waals surface area contributed by atoms with Gasteiger partial charge in [-0.05, 0) is 32.2 Å². The normalized spacial score (nSPS) is 20.4. The summed E-state index contributed by atoms with van der Waals surface area (Å²) in [4.78, 5) is 12.8. The Morgan fingerprint density at radius 1 is 1.40 bits per heavy atom. The molecule has 1 aliphatic heterocycles. The van der Waals surface area contributed by atoms with Crippen LogP contribution in [0.5, 0.6) is 0 Å². The molecule has 1 fully saturated rings. The van der Waals surface area contributed by atoms with Crippen molar-refractivity contribution < 1.29 is 0 Å². The molecule has 0 bridgehead atoms. The van der Waals surface area contributed by atoms with Gasteiger partial charge in [-0.2, -0.15) is 0 Å². The number of aryl methyl sites for hydroxylation is 2. The molecule has 0 aromatic carbocycles. The van der Waals surface area contributed by atoms with Crippen LogP contribution in [0.2, 0.25) is 0 Å². The number of thiazole rings is 1. The molecule has 0 aliphatic carbocycles. The second-order valence-electron chi connectivity index (χ2n) is 5.76. The fraction of sp³-hybridized carbons (Fsp3) is 0.600. The SMILES string of the molecule is Cc1ncsc1CN1CCC[C@@H](Cc2nccn2C)C1. The highest BCUT2D eigenvalue weighted by molar-refractivity contribution is 7.09. The van der Waals surface area contributed by atoms with Gasteiger partial charge >= 0.3 is 0 Å². The van der Waals surface area contributed by atoms with Gasteiger partial charge in [0.1, 0.15) is 5.82 Å². The number of likely N-dealkylation sites (tertiary alicyclic amines) is 1. The topological polar surface area (TPSA) is 34.0 Å². The summed E-state index contributed by atoms with van der Waals surface area (Å²) in [6.07, 6.45) is 7.66. The van der Waals surface area contributed by atoms with Crippen LogP contribution in [-0.4, -0.2) is 32.5 Å². The number of aromatic nitrogens is 3. The van der Waals surface area contributed by atoms with Gasteiger partial charge in [0.25, 0.3) is 0 Å². The van der Waals surface area contributed by atoms with E-state index < -0.39 is 0 Å². The van der Waals surface area contributed by atoms with Crippen LogP contribution in [0, 0.1) is 12.8 Å². The molecule has 108 valence electrons. The molecule has 1 aliphatic rings. The summed E-state index contributed by atoms with van der Waals surface area (Å²) in [5.74, 6) is 1.95. The molecular formula is C15H22N4S. The lowest BCUT2D eigenvalue weighted by Gasteiger charge is -2.32. The molecule has 20 heavy (non-hydrogen) atoms. The highest BCUT2D eigenvalue weighted by Crippen LogP contribution is 2.23. The van der Waals surface area contributed by atoms with E-state index >= 15 is 0 Å². The summed E-state index contributed by atoms with van der Waals surface area (Å²) < 4.78 is 2.15. The van der Waals surface area contributed by atoms with E-state index in [0.29, 0.717) is 0 Å². The van der Waals surface area contributed by atoms with Gasteiger partial charge in [0.05, 0.1) is 11.2 Å². The van der Waals surface area contributed by atoms with Gasteiger partial charge in [0.15, 0.2) is 0 Å². The zero-order chi connectivity index (χ0) is 13.9. The first kappa shape index (κ1) is 13.8. The number of hydrogen-bond donors (Lipinski definition) is 0. The van der Waals surface area contributed by atoms with Crippen molar-refractivity contribution in [2.45, 2.75) is 32.7 Å². The van der Waals surface area contributed by atoms with Crippen molar-refractivity contribution in [2.75, 3.05) is 13.1 Å². The molecule has 0 unspecified atom stereocenters. The third kappa shape index (κ3) is 3.10. The lowest BCUT2D eigenvalue weighted by Crippen LogP contribution is -2.36. The van der Waals surface area contributed by atoms with Crippen LogP contribution in [0.3, 0.4) is 0 Å². The van der Waals surface area contributed by atoms with Crippen LogP contribution < -0.4 is 0 Å². The van der Waals surface area contributed by atoms with Gasteiger partial charge in [-0.15, -0.1) is 11.3 Å². The molecule has 0 saturated carbocycles. The Bertz CT molecular complexity index is 511. The Hall–Kier alpha value is -1.20. The Morgan fingerprint density at radius 2 is 2.30 bits per heavy atom. The van der Waals surface area contributed by atoms with Gasteiger partial charge < -0.3 is 4.57 Å². The monoisotopic (exact) mass is 290 g/mol. The van der Waals surface area contributed by atoms with E-state index in [1.54, 1.807) is 11.3 Å². The predicted octanol–water partition coefficient (Wildman–Crippen LogP) is 2.64. The molecule has 1 atom stereocenters. The van der Waals surface area contributed by atoms with Crippen LogP contribution >= 0.6 is 11.3 Å². The summed E-state index contributed by atoms with van der Waals surface area (Å²) in [7, 11) is 2.09. The average molecular weight is 290 g/mol. The van der Waals surface area contributed by atoms with E-state index in [0.717, 1.165) is 18.9 Å². The van der Waals surface area contributed by atoms with Crippen molar-refractivity contribution in [3.63, 3.8) is 0 Å². The number of rotatable bonds is 4. The molecule has 3 heterocycles. The number of hydrogen-bond acceptors (Lipinski definition) is 4. The molecular weight excluding hydrogens is 268 g/mol. The standard InChI is InChI=1S/C15H22N4S/c1-12-14(20-11-17-12)10-19-6-3-4-13(9-19)8-15-16-5-7-18(15)2/h5,7,11,13H,3-4,6,8-10H2,1-2H3/t13-/m0/s1. The quantitative estimate of drug-likeness (QED) is 0.868. The average Bonchev–Trinajstić information content (AvgIpc) is 3.01. The van der Waals surface area contributed by atoms with Crippen molar-refractivity contribution in [2.24, 2.45) is 13.0 Å². The Labute approximate surface area is 124 Å². The highest BCUT2D eigenvalue weighted by Gasteiger charge is 2.22. The molecule has 0 radical (unpaired) electrons. The number of nitrogens with zero attached hydrogens (tertiary/aromatic N) is 4. The third-order valence-electron chi connectivity index (χ3n) is 4.21. The summed E-state index contributed by atoms with van der Waals surface area (Å²) in [5.41, 5.74) is 3.15. The highest BCUT2D eigenvalue weighted by atomic mass is 32.1. The molecule has 0 N–H and O–H groups in total. The van der Waals surface area contributed by atoms with E-state index in [2.05, 4.69) is 33.4 Å². The first-order chi connectivity index (χ1) is 9.72. The van der Waals surface area contributed by atoms with E-state index in [4.69, 9.17) is 0 Å². The maximum atomic E-state index is 4.46. The van der Waals surface area contributed by atoms with Gasteiger partial charge in [0, 0.05) is 43.8 Å². The molecule has 0 spiro atoms. The molecule has 5 heteroatoms. The minimum atomic E-state index is 0.734. The van der Waals surface area contributed by atoms with Crippen LogP contribution in [0.4, 0.5) is 0 Å². The summed E-state index contributed by atoms with van der Waals surface area (Å²) >= 11 is 1.78. The van der Waals surface area contributed by atoms with Crippen molar-refractivity contribution in [3.8, 4) is 0 Å². The summed E-state index contributed by atoms with van der Waals surface area (Å²) in [6, 6.07) is 0. The van der Waals surface area contributed by atoms with Crippen molar-refractivity contribution in [3.05, 3.63) is 34.3 Å². The van der Waals surface area contributed by atoms with E-state index in [1.807, 2.05) is 17.9 Å². The van der Waals surface area contributed by atoms with Gasteiger partial charge in [-0.3, -0.25) is 4.90 Å². The molecule has 4 nitrogen and oxygen atoms in total. The first-order valence-electron chi connectivity index (χ1n) is 7.30. The second kappa shape index (κ2) is 6.06. The Kier molecular flexibility index (Phi) is 4.17. The van der Waals surface area contributed by atoms with E-state index in [9.17, 15) is 0 Å². The zero-order valence-corrected chi connectivity index (χ0v) is 13.1. The minimum Gasteiger partial charge on any atom is -0.338 e. The van der Waals surface area contributed by atoms with Crippen LogP contribution in [0.15, 0.2) is 17.9 Å². The summed E-state index contributed by atoms with van der Waals surface area (Å²) in [6.45, 7) is 5.58. The fourth-order valence-corrected chi connectivity index (χ4v) is 3.81. The van der Waals surface area contributed by atoms with Crippen LogP contribution in [0.1, 0.15) is 29.2 Å². The van der Waals surface area contributed by atoms with E-state index in [1.165, 1.54) is 42.3 Å². The summed E-state index contributed by atoms with van der Waals surface area (Å²) in [5, 5.41) is 0. The van der Waals surface area contributed by atoms with Crippen LogP contribution in [-0.2, 0) is 20.0 Å². The molecule has 2 aromatic heterocycles. The lowest BCUT2D eigenvalue weighted by molar-refractivity contribution is 0.166. The maximum absolute atomic E-state index is 4.46. The largest absolute Gasteiger partial charge is 0.338 e. The Balaban J connectivity index is 1.59. The number of imidazole rings is 1. The second-order valence-corrected chi connectivity index (χ2v) is 6.70.